The Hall–Kier alpha value is -3.15. The van der Waals surface area contributed by atoms with Gasteiger partial charge in [0.2, 0.25) is 0 Å². The number of carboxylic acids is 1. The average molecular weight is 295 g/mol. The minimum atomic E-state index is -1.10. The SMILES string of the molecule is Cc1nc2ccc(N)cc2c(=O)n1-c1ccccc1C(=O)O. The number of para-hydroxylation sites is 1. The van der Waals surface area contributed by atoms with E-state index in [0.717, 1.165) is 0 Å². The molecule has 0 aliphatic rings. The Kier molecular flexibility index (Phi) is 3.14. The number of carbonyl (C=O) groups is 1. The van der Waals surface area contributed by atoms with Crippen LogP contribution in [0.2, 0.25) is 0 Å². The van der Waals surface area contributed by atoms with Crippen molar-refractivity contribution in [2.45, 2.75) is 6.92 Å². The van der Waals surface area contributed by atoms with Gasteiger partial charge in [0.05, 0.1) is 22.2 Å². The molecule has 0 atom stereocenters. The van der Waals surface area contributed by atoms with E-state index in [-0.39, 0.29) is 16.8 Å². The van der Waals surface area contributed by atoms with Crippen LogP contribution in [-0.2, 0) is 0 Å². The van der Waals surface area contributed by atoms with Crippen LogP contribution in [-0.4, -0.2) is 20.6 Å². The molecule has 110 valence electrons. The number of aromatic carboxylic acids is 1. The molecule has 3 rings (SSSR count). The molecule has 3 aromatic rings. The number of rotatable bonds is 2. The van der Waals surface area contributed by atoms with E-state index in [1.807, 2.05) is 0 Å². The molecule has 0 unspecified atom stereocenters. The van der Waals surface area contributed by atoms with E-state index in [2.05, 4.69) is 4.98 Å². The van der Waals surface area contributed by atoms with Crippen molar-refractivity contribution in [3.8, 4) is 5.69 Å². The summed E-state index contributed by atoms with van der Waals surface area (Å²) in [6, 6.07) is 11.2. The molecule has 0 radical (unpaired) electrons. The molecule has 0 bridgehead atoms. The number of fused-ring (bicyclic) bond motifs is 1. The number of benzene rings is 2. The van der Waals surface area contributed by atoms with Crippen LogP contribution in [0, 0.1) is 6.92 Å². The fourth-order valence-electron chi connectivity index (χ4n) is 2.45. The molecule has 0 aliphatic heterocycles. The predicted molar refractivity (Wildman–Crippen MR) is 83.4 cm³/mol. The summed E-state index contributed by atoms with van der Waals surface area (Å²) in [6.45, 7) is 1.66. The molecule has 0 aliphatic carbocycles. The maximum atomic E-state index is 12.8. The number of nitrogen functional groups attached to an aromatic ring is 1. The summed E-state index contributed by atoms with van der Waals surface area (Å²) < 4.78 is 1.30. The second-order valence-electron chi connectivity index (χ2n) is 4.90. The van der Waals surface area contributed by atoms with Gasteiger partial charge >= 0.3 is 5.97 Å². The maximum Gasteiger partial charge on any atom is 0.337 e. The van der Waals surface area contributed by atoms with Crippen LogP contribution >= 0.6 is 0 Å². The molecule has 0 fully saturated rings. The predicted octanol–water partition coefficient (Wildman–Crippen LogP) is 1.97. The average Bonchev–Trinajstić information content (AvgIpc) is 2.48. The van der Waals surface area contributed by atoms with Crippen molar-refractivity contribution in [3.05, 3.63) is 64.2 Å². The number of nitrogens with zero attached hydrogens (tertiary/aromatic N) is 2. The molecule has 2 aromatic carbocycles. The molecular weight excluding hydrogens is 282 g/mol. The summed E-state index contributed by atoms with van der Waals surface area (Å²) in [5.41, 5.74) is 6.69. The van der Waals surface area contributed by atoms with Crippen molar-refractivity contribution in [2.75, 3.05) is 5.73 Å². The highest BCUT2D eigenvalue weighted by Gasteiger charge is 2.16. The number of carboxylic acid groups (broad SMARTS) is 1. The third kappa shape index (κ3) is 2.10. The van der Waals surface area contributed by atoms with Crippen molar-refractivity contribution in [1.29, 1.82) is 0 Å². The fraction of sp³-hybridized carbons (Fsp3) is 0.0625. The quantitative estimate of drug-likeness (QED) is 0.704. The molecule has 1 heterocycles. The first kappa shape index (κ1) is 13.8. The third-order valence-electron chi connectivity index (χ3n) is 3.44. The van der Waals surface area contributed by atoms with Crippen LogP contribution in [0.15, 0.2) is 47.3 Å². The zero-order chi connectivity index (χ0) is 15.9. The summed E-state index contributed by atoms with van der Waals surface area (Å²) in [5, 5.41) is 9.66. The molecule has 0 spiro atoms. The molecular formula is C16H13N3O3. The minimum Gasteiger partial charge on any atom is -0.478 e. The lowest BCUT2D eigenvalue weighted by Crippen LogP contribution is -2.24. The highest BCUT2D eigenvalue weighted by molar-refractivity contribution is 5.92. The lowest BCUT2D eigenvalue weighted by molar-refractivity contribution is 0.0697. The fourth-order valence-corrected chi connectivity index (χ4v) is 2.45. The number of aromatic nitrogens is 2. The summed E-state index contributed by atoms with van der Waals surface area (Å²) >= 11 is 0. The molecule has 3 N–H and O–H groups in total. The lowest BCUT2D eigenvalue weighted by atomic mass is 10.1. The summed E-state index contributed by atoms with van der Waals surface area (Å²) in [6.07, 6.45) is 0. The van der Waals surface area contributed by atoms with Gasteiger partial charge in [-0.2, -0.15) is 0 Å². The van der Waals surface area contributed by atoms with E-state index < -0.39 is 5.97 Å². The van der Waals surface area contributed by atoms with Gasteiger partial charge in [0.15, 0.2) is 0 Å². The van der Waals surface area contributed by atoms with E-state index in [4.69, 9.17) is 5.73 Å². The van der Waals surface area contributed by atoms with Gasteiger partial charge in [-0.3, -0.25) is 9.36 Å². The van der Waals surface area contributed by atoms with E-state index in [9.17, 15) is 14.7 Å². The van der Waals surface area contributed by atoms with Crippen molar-refractivity contribution < 1.29 is 9.90 Å². The molecule has 22 heavy (non-hydrogen) atoms. The number of hydrogen-bond donors (Lipinski definition) is 2. The second kappa shape index (κ2) is 5.00. The Balaban J connectivity index is 2.42. The molecule has 0 saturated carbocycles. The van der Waals surface area contributed by atoms with Gasteiger partial charge in [-0.15, -0.1) is 0 Å². The van der Waals surface area contributed by atoms with E-state index in [0.29, 0.717) is 22.4 Å². The van der Waals surface area contributed by atoms with Gasteiger partial charge in [0, 0.05) is 5.69 Å². The Morgan fingerprint density at radius 3 is 2.68 bits per heavy atom. The van der Waals surface area contributed by atoms with Gasteiger partial charge in [-0.25, -0.2) is 9.78 Å². The summed E-state index contributed by atoms with van der Waals surface area (Å²) in [4.78, 5) is 28.5. The van der Waals surface area contributed by atoms with Crippen LogP contribution in [0.4, 0.5) is 5.69 Å². The molecule has 0 saturated heterocycles. The number of hydrogen-bond acceptors (Lipinski definition) is 4. The van der Waals surface area contributed by atoms with Crippen LogP contribution in [0.3, 0.4) is 0 Å². The number of nitrogens with two attached hydrogens (primary N) is 1. The van der Waals surface area contributed by atoms with E-state index in [1.165, 1.54) is 10.6 Å². The first-order valence-electron chi connectivity index (χ1n) is 6.60. The second-order valence-corrected chi connectivity index (χ2v) is 4.90. The Morgan fingerprint density at radius 2 is 1.95 bits per heavy atom. The molecule has 6 nitrogen and oxygen atoms in total. The van der Waals surface area contributed by atoms with Crippen molar-refractivity contribution in [2.24, 2.45) is 0 Å². The number of anilines is 1. The molecule has 0 amide bonds. The van der Waals surface area contributed by atoms with Gasteiger partial charge < -0.3 is 10.8 Å². The third-order valence-corrected chi connectivity index (χ3v) is 3.44. The zero-order valence-corrected chi connectivity index (χ0v) is 11.8. The van der Waals surface area contributed by atoms with Crippen LogP contribution < -0.4 is 11.3 Å². The van der Waals surface area contributed by atoms with Crippen LogP contribution in [0.25, 0.3) is 16.6 Å². The van der Waals surface area contributed by atoms with Gasteiger partial charge in [0.25, 0.3) is 5.56 Å². The lowest BCUT2D eigenvalue weighted by Gasteiger charge is -2.13. The highest BCUT2D eigenvalue weighted by atomic mass is 16.4. The summed E-state index contributed by atoms with van der Waals surface area (Å²) in [7, 11) is 0. The largest absolute Gasteiger partial charge is 0.478 e. The van der Waals surface area contributed by atoms with E-state index >= 15 is 0 Å². The first-order valence-corrected chi connectivity index (χ1v) is 6.60. The smallest absolute Gasteiger partial charge is 0.337 e. The topological polar surface area (TPSA) is 98.2 Å². The number of aryl methyl sites for hydroxylation is 1. The Labute approximate surface area is 125 Å². The van der Waals surface area contributed by atoms with E-state index in [1.54, 1.807) is 43.3 Å². The normalized spacial score (nSPS) is 10.8. The van der Waals surface area contributed by atoms with Crippen molar-refractivity contribution in [1.82, 2.24) is 9.55 Å². The first-order chi connectivity index (χ1) is 10.5. The highest BCUT2D eigenvalue weighted by Crippen LogP contribution is 2.18. The van der Waals surface area contributed by atoms with Gasteiger partial charge in [-0.05, 0) is 37.3 Å². The maximum absolute atomic E-state index is 12.8. The standard InChI is InChI=1S/C16H13N3O3/c1-9-18-13-7-6-10(17)8-12(13)15(20)19(9)14-5-3-2-4-11(14)16(21)22/h2-8H,17H2,1H3,(H,21,22). The summed E-state index contributed by atoms with van der Waals surface area (Å²) in [5.74, 6) is -0.689. The molecule has 6 heteroatoms. The monoisotopic (exact) mass is 295 g/mol. The molecule has 1 aromatic heterocycles. The van der Waals surface area contributed by atoms with Gasteiger partial charge in [0.1, 0.15) is 5.82 Å². The zero-order valence-electron chi connectivity index (χ0n) is 11.8. The van der Waals surface area contributed by atoms with Crippen molar-refractivity contribution in [3.63, 3.8) is 0 Å². The van der Waals surface area contributed by atoms with Gasteiger partial charge in [-0.1, -0.05) is 12.1 Å². The minimum absolute atomic E-state index is 0.0396. The van der Waals surface area contributed by atoms with Crippen molar-refractivity contribution >= 4 is 22.6 Å². The van der Waals surface area contributed by atoms with Crippen LogP contribution in [0.5, 0.6) is 0 Å². The Bertz CT molecular complexity index is 960. The Morgan fingerprint density at radius 1 is 1.23 bits per heavy atom. The van der Waals surface area contributed by atoms with Crippen LogP contribution in [0.1, 0.15) is 16.2 Å².